The van der Waals surface area contributed by atoms with E-state index in [1.807, 2.05) is 60.7 Å². The van der Waals surface area contributed by atoms with Gasteiger partial charge in [0.25, 0.3) is 17.8 Å². The molecule has 3 aromatic carbocycles. The molecular formula is C26H20FN5O. The summed E-state index contributed by atoms with van der Waals surface area (Å²) in [6.45, 7) is 0. The zero-order chi connectivity index (χ0) is 22.6. The van der Waals surface area contributed by atoms with Gasteiger partial charge in [0.05, 0.1) is 11.8 Å². The van der Waals surface area contributed by atoms with Crippen molar-refractivity contribution >= 4 is 29.6 Å². The van der Waals surface area contributed by atoms with E-state index >= 15 is 0 Å². The topological polar surface area (TPSA) is 72.2 Å². The molecule has 1 amide bonds. The van der Waals surface area contributed by atoms with Crippen LogP contribution in [-0.4, -0.2) is 26.4 Å². The van der Waals surface area contributed by atoms with Crippen LogP contribution in [0.5, 0.6) is 0 Å². The highest BCUT2D eigenvalue weighted by molar-refractivity contribution is 6.03. The molecule has 1 N–H and O–H groups in total. The summed E-state index contributed by atoms with van der Waals surface area (Å²) >= 11 is 0. The lowest BCUT2D eigenvalue weighted by Crippen LogP contribution is -2.21. The van der Waals surface area contributed by atoms with Gasteiger partial charge in [0, 0.05) is 12.5 Å². The van der Waals surface area contributed by atoms with E-state index < -0.39 is 0 Å². The third-order valence-corrected chi connectivity index (χ3v) is 5.35. The van der Waals surface area contributed by atoms with E-state index in [2.05, 4.69) is 15.4 Å². The Hall–Kier alpha value is -4.39. The number of fused-ring (bicyclic) bond motifs is 1. The Morgan fingerprint density at radius 2 is 1.67 bits per heavy atom. The Labute approximate surface area is 190 Å². The quantitative estimate of drug-likeness (QED) is 0.437. The van der Waals surface area contributed by atoms with Gasteiger partial charge in [-0.25, -0.2) is 14.1 Å². The van der Waals surface area contributed by atoms with Crippen molar-refractivity contribution in [3.8, 4) is 0 Å². The second-order valence-corrected chi connectivity index (χ2v) is 7.61. The molecule has 1 aliphatic rings. The third-order valence-electron chi connectivity index (χ3n) is 5.35. The largest absolute Gasteiger partial charge is 0.290 e. The minimum absolute atomic E-state index is 0.165. The predicted molar refractivity (Wildman–Crippen MR) is 126 cm³/mol. The number of amides is 1. The average molecular weight is 437 g/mol. The Kier molecular flexibility index (Phi) is 5.59. The number of anilines is 1. The van der Waals surface area contributed by atoms with Crippen LogP contribution in [0.2, 0.25) is 0 Å². The highest BCUT2D eigenvalue weighted by Crippen LogP contribution is 2.33. The SMILES string of the molecule is O=C(/C=C/c1ccccc1)Nc1nc2n(n1)C(c1ccc(F)cc1)CC(c1ccccc1)=N2. The summed E-state index contributed by atoms with van der Waals surface area (Å²) in [5.41, 5.74) is 3.63. The third kappa shape index (κ3) is 4.62. The Morgan fingerprint density at radius 1 is 0.970 bits per heavy atom. The number of carbonyl (C=O) groups is 1. The number of halogens is 1. The second-order valence-electron chi connectivity index (χ2n) is 7.61. The smallest absolute Gasteiger partial charge is 0.250 e. The van der Waals surface area contributed by atoms with Crippen molar-refractivity contribution in [1.82, 2.24) is 14.8 Å². The molecule has 1 aromatic heterocycles. The summed E-state index contributed by atoms with van der Waals surface area (Å²) in [4.78, 5) is 21.5. The maximum absolute atomic E-state index is 13.5. The second kappa shape index (κ2) is 9.00. The molecule has 1 unspecified atom stereocenters. The van der Waals surface area contributed by atoms with E-state index in [1.165, 1.54) is 18.2 Å². The van der Waals surface area contributed by atoms with Crippen LogP contribution < -0.4 is 5.32 Å². The van der Waals surface area contributed by atoms with Gasteiger partial charge in [0.15, 0.2) is 0 Å². The van der Waals surface area contributed by atoms with Gasteiger partial charge in [-0.1, -0.05) is 72.8 Å². The number of aliphatic imine (C=N–C) groups is 1. The molecule has 7 heteroatoms. The molecule has 0 saturated carbocycles. The predicted octanol–water partition coefficient (Wildman–Crippen LogP) is 5.18. The summed E-state index contributed by atoms with van der Waals surface area (Å²) < 4.78 is 15.2. The van der Waals surface area contributed by atoms with Gasteiger partial charge in [-0.15, -0.1) is 5.10 Å². The van der Waals surface area contributed by atoms with Gasteiger partial charge in [-0.3, -0.25) is 10.1 Å². The lowest BCUT2D eigenvalue weighted by molar-refractivity contribution is -0.111. The summed E-state index contributed by atoms with van der Waals surface area (Å²) in [7, 11) is 0. The Morgan fingerprint density at radius 3 is 2.39 bits per heavy atom. The molecule has 5 rings (SSSR count). The first-order valence-electron chi connectivity index (χ1n) is 10.5. The van der Waals surface area contributed by atoms with Crippen LogP contribution in [0.4, 0.5) is 16.3 Å². The van der Waals surface area contributed by atoms with Crippen molar-refractivity contribution in [3.05, 3.63) is 114 Å². The van der Waals surface area contributed by atoms with Crippen molar-refractivity contribution in [2.24, 2.45) is 4.99 Å². The van der Waals surface area contributed by atoms with Crippen LogP contribution in [0, 0.1) is 5.82 Å². The normalized spacial score (nSPS) is 15.2. The fourth-order valence-corrected chi connectivity index (χ4v) is 3.73. The van der Waals surface area contributed by atoms with Crippen LogP contribution in [0.1, 0.15) is 29.2 Å². The summed E-state index contributed by atoms with van der Waals surface area (Å²) in [6, 6.07) is 25.5. The molecule has 0 fully saturated rings. The van der Waals surface area contributed by atoms with Gasteiger partial charge < -0.3 is 0 Å². The molecule has 1 atom stereocenters. The molecule has 33 heavy (non-hydrogen) atoms. The molecule has 4 aromatic rings. The molecule has 0 radical (unpaired) electrons. The van der Waals surface area contributed by atoms with Crippen LogP contribution in [0.25, 0.3) is 6.08 Å². The van der Waals surface area contributed by atoms with Crippen LogP contribution >= 0.6 is 0 Å². The molecule has 0 bridgehead atoms. The summed E-state index contributed by atoms with van der Waals surface area (Å²) in [5, 5.41) is 7.20. The van der Waals surface area contributed by atoms with Crippen molar-refractivity contribution in [1.29, 1.82) is 0 Å². The zero-order valence-corrected chi connectivity index (χ0v) is 17.6. The lowest BCUT2D eigenvalue weighted by Gasteiger charge is -2.23. The minimum atomic E-state index is -0.340. The minimum Gasteiger partial charge on any atom is -0.290 e. The molecule has 162 valence electrons. The van der Waals surface area contributed by atoms with Gasteiger partial charge >= 0.3 is 0 Å². The molecule has 1 aliphatic heterocycles. The van der Waals surface area contributed by atoms with Crippen LogP contribution in [0.3, 0.4) is 0 Å². The van der Waals surface area contributed by atoms with Crippen LogP contribution in [-0.2, 0) is 4.79 Å². The Balaban J connectivity index is 1.45. The van der Waals surface area contributed by atoms with E-state index in [0.717, 1.165) is 22.4 Å². The summed E-state index contributed by atoms with van der Waals surface area (Å²) in [5.74, 6) is -0.0921. The number of nitrogens with zero attached hydrogens (tertiary/aromatic N) is 4. The highest BCUT2D eigenvalue weighted by Gasteiger charge is 2.28. The highest BCUT2D eigenvalue weighted by atomic mass is 19.1. The summed E-state index contributed by atoms with van der Waals surface area (Å²) in [6.07, 6.45) is 3.72. The number of aromatic nitrogens is 3. The molecule has 0 spiro atoms. The number of benzene rings is 3. The monoisotopic (exact) mass is 437 g/mol. The van der Waals surface area contributed by atoms with E-state index in [4.69, 9.17) is 4.99 Å². The molecule has 0 saturated heterocycles. The van der Waals surface area contributed by atoms with Crippen molar-refractivity contribution in [2.75, 3.05) is 5.32 Å². The first kappa shape index (κ1) is 20.5. The Bertz CT molecular complexity index is 1330. The fraction of sp³-hybridized carbons (Fsp3) is 0.0769. The number of hydrogen-bond donors (Lipinski definition) is 1. The van der Waals surface area contributed by atoms with Gasteiger partial charge in [0.1, 0.15) is 5.82 Å². The zero-order valence-electron chi connectivity index (χ0n) is 17.6. The first-order chi connectivity index (χ1) is 16.2. The maximum atomic E-state index is 13.5. The molecule has 0 aliphatic carbocycles. The maximum Gasteiger partial charge on any atom is 0.250 e. The van der Waals surface area contributed by atoms with Gasteiger partial charge in [-0.2, -0.15) is 4.98 Å². The van der Waals surface area contributed by atoms with E-state index in [-0.39, 0.29) is 23.7 Å². The van der Waals surface area contributed by atoms with Crippen LogP contribution in [0.15, 0.2) is 96.0 Å². The van der Waals surface area contributed by atoms with E-state index in [1.54, 1.807) is 22.9 Å². The molecule has 6 nitrogen and oxygen atoms in total. The van der Waals surface area contributed by atoms with Gasteiger partial charge in [-0.05, 0) is 34.9 Å². The van der Waals surface area contributed by atoms with Crippen molar-refractivity contribution in [3.63, 3.8) is 0 Å². The number of hydrogen-bond acceptors (Lipinski definition) is 4. The fourth-order valence-electron chi connectivity index (χ4n) is 3.73. The standard InChI is InChI=1S/C26H20FN5O/c27-21-14-12-20(13-15-21)23-17-22(19-9-5-2-6-10-19)28-26-30-25(31-32(23)26)29-24(33)16-11-18-7-3-1-4-8-18/h1-16,23H,17H2,(H,29,31,33)/b16-11+. The molecule has 2 heterocycles. The lowest BCUT2D eigenvalue weighted by atomic mass is 9.96. The molecular weight excluding hydrogens is 417 g/mol. The number of rotatable bonds is 5. The van der Waals surface area contributed by atoms with E-state index in [9.17, 15) is 9.18 Å². The first-order valence-corrected chi connectivity index (χ1v) is 10.5. The average Bonchev–Trinajstić information content (AvgIpc) is 3.26. The van der Waals surface area contributed by atoms with Crippen molar-refractivity contribution in [2.45, 2.75) is 12.5 Å². The number of nitrogens with one attached hydrogen (secondary N) is 1. The number of carbonyl (C=O) groups excluding carboxylic acids is 1. The van der Waals surface area contributed by atoms with Gasteiger partial charge in [0.2, 0.25) is 0 Å². The van der Waals surface area contributed by atoms with Crippen molar-refractivity contribution < 1.29 is 9.18 Å². The van der Waals surface area contributed by atoms with E-state index in [0.29, 0.717) is 12.4 Å².